The molecule has 0 spiro atoms. The van der Waals surface area contributed by atoms with E-state index >= 15 is 0 Å². The zero-order valence-electron chi connectivity index (χ0n) is 13.9. The van der Waals surface area contributed by atoms with Crippen LogP contribution in [0.1, 0.15) is 34.6 Å². The van der Waals surface area contributed by atoms with Crippen LogP contribution in [-0.4, -0.2) is 24.1 Å². The van der Waals surface area contributed by atoms with Crippen molar-refractivity contribution in [2.45, 2.75) is 26.8 Å². The van der Waals surface area contributed by atoms with Gasteiger partial charge in [-0.15, -0.1) is 0 Å². The minimum atomic E-state index is -0.360. The van der Waals surface area contributed by atoms with E-state index in [9.17, 15) is 4.79 Å². The summed E-state index contributed by atoms with van der Waals surface area (Å²) >= 11 is 1.62. The Morgan fingerprint density at radius 1 is 1.48 bits per heavy atom. The highest BCUT2D eigenvalue weighted by atomic mass is 32.1. The van der Waals surface area contributed by atoms with Gasteiger partial charge in [-0.1, -0.05) is 30.1 Å². The van der Waals surface area contributed by atoms with Crippen LogP contribution in [0.3, 0.4) is 0 Å². The molecule has 1 aromatic carbocycles. The minimum absolute atomic E-state index is 0.360. The summed E-state index contributed by atoms with van der Waals surface area (Å²) in [7, 11) is 1.35. The molecule has 0 saturated carbocycles. The van der Waals surface area contributed by atoms with E-state index in [1.807, 2.05) is 19.2 Å². The van der Waals surface area contributed by atoms with Gasteiger partial charge in [0, 0.05) is 22.8 Å². The summed E-state index contributed by atoms with van der Waals surface area (Å²) in [5, 5.41) is 4.19. The van der Waals surface area contributed by atoms with Gasteiger partial charge in [0.2, 0.25) is 0 Å². The van der Waals surface area contributed by atoms with Crippen LogP contribution in [0.25, 0.3) is 6.08 Å². The van der Waals surface area contributed by atoms with Crippen LogP contribution in [0, 0.1) is 6.92 Å². The first kappa shape index (κ1) is 18.7. The molecule has 2 aromatic rings. The van der Waals surface area contributed by atoms with Gasteiger partial charge in [0.25, 0.3) is 0 Å². The average Bonchev–Trinajstić information content (AvgIpc) is 2.96. The molecule has 0 aliphatic carbocycles. The van der Waals surface area contributed by atoms with Crippen LogP contribution < -0.4 is 11.1 Å². The van der Waals surface area contributed by atoms with Crippen LogP contribution in [0.15, 0.2) is 31.0 Å². The number of nitrogen functional groups attached to an aromatic ring is 1. The van der Waals surface area contributed by atoms with Crippen LogP contribution in [-0.2, 0) is 4.74 Å². The summed E-state index contributed by atoms with van der Waals surface area (Å²) in [4.78, 5) is 16.3. The number of rotatable bonds is 4. The van der Waals surface area contributed by atoms with Crippen molar-refractivity contribution >= 4 is 34.2 Å². The van der Waals surface area contributed by atoms with Crippen LogP contribution >= 0.6 is 11.3 Å². The topological polar surface area (TPSA) is 77.2 Å². The molecule has 0 fully saturated rings. The second kappa shape index (κ2) is 8.95. The molecular weight excluding hydrogens is 310 g/mol. The molecule has 0 amide bonds. The Kier molecular flexibility index (Phi) is 7.28. The van der Waals surface area contributed by atoms with Crippen molar-refractivity contribution in [3.63, 3.8) is 0 Å². The Bertz CT molecular complexity index is 666. The third-order valence-electron chi connectivity index (χ3n) is 2.84. The van der Waals surface area contributed by atoms with Gasteiger partial charge in [0.1, 0.15) is 0 Å². The number of hydrogen-bond acceptors (Lipinski definition) is 6. The van der Waals surface area contributed by atoms with E-state index in [1.165, 1.54) is 7.11 Å². The Hall–Kier alpha value is -2.34. The molecule has 3 N–H and O–H groups in total. The van der Waals surface area contributed by atoms with Crippen molar-refractivity contribution in [3.8, 4) is 0 Å². The average molecular weight is 333 g/mol. The predicted octanol–water partition coefficient (Wildman–Crippen LogP) is 3.97. The number of nitrogens with two attached hydrogens (primary N) is 1. The number of nitrogens with zero attached hydrogens (tertiary/aromatic N) is 1. The molecular formula is C17H23N3O2S. The first-order chi connectivity index (χ1) is 10.9. The first-order valence-corrected chi connectivity index (χ1v) is 7.98. The lowest BCUT2D eigenvalue weighted by Gasteiger charge is -2.03. The second-order valence-electron chi connectivity index (χ2n) is 5.13. The number of anilines is 2. The number of aromatic nitrogens is 1. The van der Waals surface area contributed by atoms with Crippen molar-refractivity contribution in [3.05, 3.63) is 47.0 Å². The van der Waals surface area contributed by atoms with Crippen molar-refractivity contribution in [2.24, 2.45) is 0 Å². The van der Waals surface area contributed by atoms with E-state index in [-0.39, 0.29) is 5.97 Å². The van der Waals surface area contributed by atoms with E-state index in [1.54, 1.807) is 29.5 Å². The highest BCUT2D eigenvalue weighted by molar-refractivity contribution is 7.16. The third-order valence-corrected chi connectivity index (χ3v) is 3.76. The highest BCUT2D eigenvalue weighted by Gasteiger charge is 2.05. The number of nitrogens with one attached hydrogen (secondary N) is 1. The van der Waals surface area contributed by atoms with Gasteiger partial charge in [-0.25, -0.2) is 9.78 Å². The van der Waals surface area contributed by atoms with Gasteiger partial charge < -0.3 is 15.8 Å². The van der Waals surface area contributed by atoms with Gasteiger partial charge >= 0.3 is 5.97 Å². The number of ether oxygens (including phenoxy) is 1. The van der Waals surface area contributed by atoms with Gasteiger partial charge in [-0.3, -0.25) is 0 Å². The van der Waals surface area contributed by atoms with Gasteiger partial charge in [0.15, 0.2) is 5.13 Å². The van der Waals surface area contributed by atoms with Gasteiger partial charge in [0.05, 0.1) is 12.7 Å². The molecule has 6 heteroatoms. The molecule has 1 aromatic heterocycles. The number of aryl methyl sites for hydroxylation is 1. The maximum Gasteiger partial charge on any atom is 0.337 e. The highest BCUT2D eigenvalue weighted by Crippen LogP contribution is 2.19. The van der Waals surface area contributed by atoms with E-state index in [4.69, 9.17) is 5.73 Å². The largest absolute Gasteiger partial charge is 0.465 e. The van der Waals surface area contributed by atoms with Crippen LogP contribution in [0.4, 0.5) is 10.8 Å². The lowest BCUT2D eigenvalue weighted by atomic mass is 10.1. The molecule has 1 heterocycles. The summed E-state index contributed by atoms with van der Waals surface area (Å²) in [6, 6.07) is 5.54. The Morgan fingerprint density at radius 2 is 2.17 bits per heavy atom. The standard InChI is InChI=1S/C9H11NO2.C8H12N2S/c1-6-3-4-7(5-8(6)10)9(11)12-2;1-4-7-5-9-8(11-7)10-6(2)3/h3-5H,10H2,1-2H3;4-6H,1H2,2-3H3,(H,9,10). The van der Waals surface area contributed by atoms with E-state index in [0.29, 0.717) is 17.3 Å². The fourth-order valence-corrected chi connectivity index (χ4v) is 2.39. The molecule has 23 heavy (non-hydrogen) atoms. The molecule has 0 saturated heterocycles. The summed E-state index contributed by atoms with van der Waals surface area (Å²) < 4.78 is 4.54. The Balaban J connectivity index is 0.000000231. The lowest BCUT2D eigenvalue weighted by molar-refractivity contribution is 0.0601. The van der Waals surface area contributed by atoms with E-state index in [0.717, 1.165) is 15.6 Å². The Morgan fingerprint density at radius 3 is 2.65 bits per heavy atom. The summed E-state index contributed by atoms with van der Waals surface area (Å²) in [5.74, 6) is -0.360. The number of methoxy groups -OCH3 is 1. The number of benzene rings is 1. The smallest absolute Gasteiger partial charge is 0.337 e. The van der Waals surface area contributed by atoms with Gasteiger partial charge in [-0.05, 0) is 38.5 Å². The predicted molar refractivity (Wildman–Crippen MR) is 97.9 cm³/mol. The van der Waals surface area contributed by atoms with Crippen molar-refractivity contribution in [1.29, 1.82) is 0 Å². The first-order valence-electron chi connectivity index (χ1n) is 7.16. The molecule has 0 bridgehead atoms. The fraction of sp³-hybridized carbons (Fsp3) is 0.294. The van der Waals surface area contributed by atoms with Crippen LogP contribution in [0.5, 0.6) is 0 Å². The molecule has 0 atom stereocenters. The third kappa shape index (κ3) is 6.12. The molecule has 2 rings (SSSR count). The second-order valence-corrected chi connectivity index (χ2v) is 6.20. The summed E-state index contributed by atoms with van der Waals surface area (Å²) in [6.07, 6.45) is 3.63. The number of carbonyl (C=O) groups is 1. The number of hydrogen-bond donors (Lipinski definition) is 2. The number of thiazole rings is 1. The molecule has 124 valence electrons. The van der Waals surface area contributed by atoms with E-state index < -0.39 is 0 Å². The summed E-state index contributed by atoms with van der Waals surface area (Å²) in [6.45, 7) is 9.74. The maximum atomic E-state index is 11.0. The summed E-state index contributed by atoms with van der Waals surface area (Å²) in [5.41, 5.74) is 7.66. The molecule has 5 nitrogen and oxygen atoms in total. The number of esters is 1. The molecule has 0 unspecified atom stereocenters. The Labute approximate surface area is 141 Å². The maximum absolute atomic E-state index is 11.0. The van der Waals surface area contributed by atoms with E-state index in [2.05, 4.69) is 35.5 Å². The molecule has 0 aliphatic rings. The monoisotopic (exact) mass is 333 g/mol. The minimum Gasteiger partial charge on any atom is -0.465 e. The van der Waals surface area contributed by atoms with Crippen molar-refractivity contribution in [1.82, 2.24) is 4.98 Å². The fourth-order valence-electron chi connectivity index (χ4n) is 1.58. The quantitative estimate of drug-likeness (QED) is 0.654. The van der Waals surface area contributed by atoms with Gasteiger partial charge in [-0.2, -0.15) is 0 Å². The molecule has 0 aliphatic heterocycles. The lowest BCUT2D eigenvalue weighted by Crippen LogP contribution is -2.08. The van der Waals surface area contributed by atoms with Crippen LogP contribution in [0.2, 0.25) is 0 Å². The zero-order chi connectivity index (χ0) is 17.4. The SMILES string of the molecule is C=Cc1cnc(NC(C)C)s1.COC(=O)c1ccc(C)c(N)c1. The molecule has 0 radical (unpaired) electrons. The normalized spacial score (nSPS) is 9.78. The van der Waals surface area contributed by atoms with Crippen molar-refractivity contribution < 1.29 is 9.53 Å². The van der Waals surface area contributed by atoms with Crippen molar-refractivity contribution in [2.75, 3.05) is 18.2 Å². The zero-order valence-corrected chi connectivity index (χ0v) is 14.7. The number of carbonyl (C=O) groups excluding carboxylic acids is 1.